The summed E-state index contributed by atoms with van der Waals surface area (Å²) in [7, 11) is 0. The fraction of sp³-hybridized carbons (Fsp3) is 0.400. The minimum atomic E-state index is -4.16. The van der Waals surface area contributed by atoms with E-state index in [1.54, 1.807) is 11.0 Å². The summed E-state index contributed by atoms with van der Waals surface area (Å²) in [5, 5.41) is 11.7. The van der Waals surface area contributed by atoms with Crippen LogP contribution in [0.3, 0.4) is 0 Å². The number of amides is 1. The van der Waals surface area contributed by atoms with Crippen molar-refractivity contribution in [1.82, 2.24) is 10.2 Å². The first-order valence-electron chi connectivity index (χ1n) is 7.54. The Morgan fingerprint density at radius 1 is 1.20 bits per heavy atom. The number of alkyl halides is 3. The monoisotopic (exact) mass is 374 g/mol. The molecule has 0 unspecified atom stereocenters. The molecule has 1 amide bonds. The van der Waals surface area contributed by atoms with Crippen LogP contribution in [0.15, 0.2) is 23.6 Å². The topological polar surface area (TPSA) is 58.1 Å². The van der Waals surface area contributed by atoms with Crippen LogP contribution in [0, 0.1) is 11.7 Å². The number of thiophene rings is 1. The van der Waals surface area contributed by atoms with Crippen molar-refractivity contribution in [2.45, 2.75) is 19.0 Å². The minimum Gasteiger partial charge on any atom is -0.355 e. The molecule has 0 aliphatic carbocycles. The summed E-state index contributed by atoms with van der Waals surface area (Å²) in [6.07, 6.45) is -4.13. The fourth-order valence-corrected chi connectivity index (χ4v) is 3.29. The molecular weight excluding hydrogens is 360 g/mol. The summed E-state index contributed by atoms with van der Waals surface area (Å²) in [4.78, 5) is 13.6. The molecule has 2 aromatic rings. The number of rotatable bonds is 3. The highest BCUT2D eigenvalue weighted by atomic mass is 32.1. The van der Waals surface area contributed by atoms with Crippen molar-refractivity contribution in [2.24, 2.45) is 5.92 Å². The highest BCUT2D eigenvalue weighted by molar-refractivity contribution is 7.12. The molecule has 2 aromatic heterocycles. The van der Waals surface area contributed by atoms with Crippen LogP contribution in [-0.4, -0.2) is 35.4 Å². The number of hydrogen-bond donors (Lipinski definition) is 1. The highest BCUT2D eigenvalue weighted by Crippen LogP contribution is 2.35. The normalized spacial score (nSPS) is 16.1. The largest absolute Gasteiger partial charge is 0.391 e. The van der Waals surface area contributed by atoms with E-state index < -0.39 is 23.8 Å². The average Bonchev–Trinajstić information content (AvgIpc) is 3.01. The van der Waals surface area contributed by atoms with Gasteiger partial charge in [0.25, 0.3) is 5.91 Å². The van der Waals surface area contributed by atoms with Gasteiger partial charge in [0.05, 0.1) is 5.92 Å². The van der Waals surface area contributed by atoms with Crippen molar-refractivity contribution in [3.05, 3.63) is 34.3 Å². The second-order valence-electron chi connectivity index (χ2n) is 5.63. The van der Waals surface area contributed by atoms with Gasteiger partial charge in [-0.1, -0.05) is 0 Å². The van der Waals surface area contributed by atoms with E-state index in [-0.39, 0.29) is 36.6 Å². The number of carbonyl (C=O) groups is 1. The minimum absolute atomic E-state index is 0.0152. The van der Waals surface area contributed by atoms with Crippen molar-refractivity contribution < 1.29 is 22.4 Å². The maximum atomic E-state index is 13.4. The molecule has 0 atom stereocenters. The smallest absolute Gasteiger partial charge is 0.355 e. The maximum Gasteiger partial charge on any atom is 0.391 e. The number of anilines is 2. The SMILES string of the molecule is O=C(Nc1ccc(N2CCC(C(F)(F)F)CC2)nn1)c1sccc1F. The number of nitrogens with one attached hydrogen (secondary N) is 1. The van der Waals surface area contributed by atoms with Gasteiger partial charge in [-0.25, -0.2) is 4.39 Å². The van der Waals surface area contributed by atoms with Gasteiger partial charge in [0.1, 0.15) is 10.7 Å². The van der Waals surface area contributed by atoms with Gasteiger partial charge < -0.3 is 10.2 Å². The molecule has 0 aromatic carbocycles. The summed E-state index contributed by atoms with van der Waals surface area (Å²) in [5.41, 5.74) is 0. The quantitative estimate of drug-likeness (QED) is 0.833. The summed E-state index contributed by atoms with van der Waals surface area (Å²) in [5.74, 6) is -1.93. The summed E-state index contributed by atoms with van der Waals surface area (Å²) < 4.78 is 51.4. The van der Waals surface area contributed by atoms with Crippen molar-refractivity contribution >= 4 is 28.9 Å². The standard InChI is InChI=1S/C15H14F4N4OS/c16-10-5-8-25-13(10)14(24)20-11-1-2-12(22-21-11)23-6-3-9(4-7-23)15(17,18)19/h1-2,5,8-9H,3-4,6-7H2,(H,20,21,24). The van der Waals surface area contributed by atoms with Gasteiger partial charge in [0, 0.05) is 13.1 Å². The Morgan fingerprint density at radius 3 is 2.44 bits per heavy atom. The van der Waals surface area contributed by atoms with Crippen molar-refractivity contribution in [3.8, 4) is 0 Å². The third-order valence-corrected chi connectivity index (χ3v) is 4.89. The third kappa shape index (κ3) is 4.06. The lowest BCUT2D eigenvalue weighted by molar-refractivity contribution is -0.179. The first-order valence-corrected chi connectivity index (χ1v) is 8.42. The van der Waals surface area contributed by atoms with Gasteiger partial charge in [-0.3, -0.25) is 4.79 Å². The van der Waals surface area contributed by atoms with Crippen LogP contribution in [0.4, 0.5) is 29.2 Å². The summed E-state index contributed by atoms with van der Waals surface area (Å²) in [6, 6.07) is 4.25. The number of halogens is 4. The first-order chi connectivity index (χ1) is 11.8. The van der Waals surface area contributed by atoms with Gasteiger partial charge in [0.2, 0.25) is 0 Å². The number of carbonyl (C=O) groups excluding carboxylic acids is 1. The van der Waals surface area contributed by atoms with Gasteiger partial charge in [-0.15, -0.1) is 21.5 Å². The molecule has 25 heavy (non-hydrogen) atoms. The Hall–Kier alpha value is -2.23. The highest BCUT2D eigenvalue weighted by Gasteiger charge is 2.41. The Balaban J connectivity index is 1.60. The fourth-order valence-electron chi connectivity index (χ4n) is 2.63. The van der Waals surface area contributed by atoms with Crippen LogP contribution in [0.2, 0.25) is 0 Å². The van der Waals surface area contributed by atoms with E-state index in [1.165, 1.54) is 17.5 Å². The van der Waals surface area contributed by atoms with Crippen LogP contribution >= 0.6 is 11.3 Å². The maximum absolute atomic E-state index is 13.4. The molecule has 0 radical (unpaired) electrons. The van der Waals surface area contributed by atoms with Gasteiger partial charge in [-0.2, -0.15) is 13.2 Å². The third-order valence-electron chi connectivity index (χ3n) is 4.00. The molecule has 1 saturated heterocycles. The van der Waals surface area contributed by atoms with E-state index in [1.807, 2.05) is 0 Å². The van der Waals surface area contributed by atoms with Crippen LogP contribution in [0.1, 0.15) is 22.5 Å². The average molecular weight is 374 g/mol. The van der Waals surface area contributed by atoms with E-state index >= 15 is 0 Å². The number of piperidine rings is 1. The van der Waals surface area contributed by atoms with Crippen molar-refractivity contribution in [3.63, 3.8) is 0 Å². The first kappa shape index (κ1) is 17.6. The second-order valence-corrected chi connectivity index (χ2v) is 6.55. The molecule has 5 nitrogen and oxygen atoms in total. The van der Waals surface area contributed by atoms with Gasteiger partial charge in [0.15, 0.2) is 11.6 Å². The number of nitrogens with zero attached hydrogens (tertiary/aromatic N) is 3. The second kappa shape index (κ2) is 6.95. The van der Waals surface area contributed by atoms with E-state index in [4.69, 9.17) is 0 Å². The lowest BCUT2D eigenvalue weighted by Crippen LogP contribution is -2.39. The van der Waals surface area contributed by atoms with E-state index in [9.17, 15) is 22.4 Å². The zero-order valence-electron chi connectivity index (χ0n) is 12.9. The molecule has 1 N–H and O–H groups in total. The summed E-state index contributed by atoms with van der Waals surface area (Å²) >= 11 is 0.970. The molecule has 10 heteroatoms. The number of aromatic nitrogens is 2. The van der Waals surface area contributed by atoms with Gasteiger partial charge >= 0.3 is 6.18 Å². The number of hydrogen-bond acceptors (Lipinski definition) is 5. The Bertz CT molecular complexity index is 739. The molecule has 0 bridgehead atoms. The molecule has 1 fully saturated rings. The Labute approximate surface area is 144 Å². The molecule has 134 valence electrons. The molecular formula is C15H14F4N4OS. The predicted molar refractivity (Wildman–Crippen MR) is 85.3 cm³/mol. The van der Waals surface area contributed by atoms with E-state index in [2.05, 4.69) is 15.5 Å². The van der Waals surface area contributed by atoms with E-state index in [0.717, 1.165) is 11.3 Å². The van der Waals surface area contributed by atoms with Crippen LogP contribution in [0.25, 0.3) is 0 Å². The predicted octanol–water partition coefficient (Wildman–Crippen LogP) is 3.71. The molecule has 3 rings (SSSR count). The van der Waals surface area contributed by atoms with Gasteiger partial charge in [-0.05, 0) is 36.4 Å². The lowest BCUT2D eigenvalue weighted by atomic mass is 9.96. The Morgan fingerprint density at radius 2 is 1.92 bits per heavy atom. The van der Waals surface area contributed by atoms with E-state index in [0.29, 0.717) is 5.82 Å². The van der Waals surface area contributed by atoms with Crippen molar-refractivity contribution in [1.29, 1.82) is 0 Å². The molecule has 0 spiro atoms. The lowest BCUT2D eigenvalue weighted by Gasteiger charge is -2.33. The molecule has 1 aliphatic rings. The zero-order chi connectivity index (χ0) is 18.0. The molecule has 3 heterocycles. The Kier molecular flexibility index (Phi) is 4.89. The molecule has 0 saturated carbocycles. The van der Waals surface area contributed by atoms with Crippen LogP contribution < -0.4 is 10.2 Å². The molecule has 1 aliphatic heterocycles. The van der Waals surface area contributed by atoms with Crippen LogP contribution in [0.5, 0.6) is 0 Å². The summed E-state index contributed by atoms with van der Waals surface area (Å²) in [6.45, 7) is 0.482. The van der Waals surface area contributed by atoms with Crippen LogP contribution in [-0.2, 0) is 0 Å². The zero-order valence-corrected chi connectivity index (χ0v) is 13.7. The van der Waals surface area contributed by atoms with Crippen molar-refractivity contribution in [2.75, 3.05) is 23.3 Å².